The molecular weight excluding hydrogens is 212 g/mol. The van der Waals surface area contributed by atoms with Crippen LogP contribution in [0.25, 0.3) is 0 Å². The molecule has 0 heterocycles. The Balaban J connectivity index is 2.18. The quantitative estimate of drug-likeness (QED) is 0.748. The van der Waals surface area contributed by atoms with Crippen LogP contribution in [0.1, 0.15) is 52.4 Å². The van der Waals surface area contributed by atoms with Gasteiger partial charge in [0.05, 0.1) is 0 Å². The summed E-state index contributed by atoms with van der Waals surface area (Å²) in [4.78, 5) is 11.1. The number of carbonyl (C=O) groups is 1. The molecule has 1 amide bonds. The van der Waals surface area contributed by atoms with E-state index in [1.807, 2.05) is 0 Å². The fourth-order valence-corrected chi connectivity index (χ4v) is 2.87. The summed E-state index contributed by atoms with van der Waals surface area (Å²) in [6, 6.07) is 0.636. The molecule has 0 aromatic carbocycles. The van der Waals surface area contributed by atoms with Gasteiger partial charge in [-0.3, -0.25) is 4.79 Å². The van der Waals surface area contributed by atoms with Crippen LogP contribution in [-0.4, -0.2) is 25.5 Å². The lowest BCUT2D eigenvalue weighted by molar-refractivity contribution is -0.120. The van der Waals surface area contributed by atoms with Crippen LogP contribution in [0, 0.1) is 11.8 Å². The van der Waals surface area contributed by atoms with E-state index in [-0.39, 0.29) is 5.91 Å². The Labute approximate surface area is 106 Å². The molecule has 0 radical (unpaired) electrons. The van der Waals surface area contributed by atoms with E-state index in [1.165, 1.54) is 32.1 Å². The minimum Gasteiger partial charge on any atom is -0.359 e. The molecule has 100 valence electrons. The summed E-state index contributed by atoms with van der Waals surface area (Å²) in [5.41, 5.74) is 0. The summed E-state index contributed by atoms with van der Waals surface area (Å²) in [5, 5.41) is 6.19. The van der Waals surface area contributed by atoms with Crippen LogP contribution in [0.4, 0.5) is 0 Å². The maximum atomic E-state index is 11.1. The SMILES string of the molecule is CNC(=O)CCNC1CCCC(CC(C)C)C1. The van der Waals surface area contributed by atoms with Crippen LogP contribution < -0.4 is 10.6 Å². The molecule has 0 aromatic rings. The predicted molar refractivity (Wildman–Crippen MR) is 71.9 cm³/mol. The molecule has 0 spiro atoms. The Bertz CT molecular complexity index is 228. The van der Waals surface area contributed by atoms with Crippen LogP contribution in [0.3, 0.4) is 0 Å². The summed E-state index contributed by atoms with van der Waals surface area (Å²) in [7, 11) is 1.70. The Morgan fingerprint density at radius 1 is 1.35 bits per heavy atom. The first-order chi connectivity index (χ1) is 8.11. The summed E-state index contributed by atoms with van der Waals surface area (Å²) in [6.07, 6.45) is 7.27. The van der Waals surface area contributed by atoms with E-state index in [2.05, 4.69) is 24.5 Å². The molecule has 3 heteroatoms. The van der Waals surface area contributed by atoms with Gasteiger partial charge in [-0.25, -0.2) is 0 Å². The molecule has 3 nitrogen and oxygen atoms in total. The molecule has 0 bridgehead atoms. The molecule has 2 atom stereocenters. The van der Waals surface area contributed by atoms with Crippen molar-refractivity contribution >= 4 is 5.91 Å². The Morgan fingerprint density at radius 3 is 2.76 bits per heavy atom. The van der Waals surface area contributed by atoms with Gasteiger partial charge in [-0.05, 0) is 31.1 Å². The molecule has 2 unspecified atom stereocenters. The standard InChI is InChI=1S/C14H28N2O/c1-11(2)9-12-5-4-6-13(10-12)16-8-7-14(17)15-3/h11-13,16H,4-10H2,1-3H3,(H,15,17). The zero-order chi connectivity index (χ0) is 12.7. The smallest absolute Gasteiger partial charge is 0.221 e. The zero-order valence-electron chi connectivity index (χ0n) is 11.6. The molecule has 0 aromatic heterocycles. The summed E-state index contributed by atoms with van der Waals surface area (Å²) < 4.78 is 0. The molecule has 0 saturated heterocycles. The fourth-order valence-electron chi connectivity index (χ4n) is 2.87. The van der Waals surface area contributed by atoms with E-state index in [1.54, 1.807) is 7.05 Å². The van der Waals surface area contributed by atoms with Gasteiger partial charge in [0.25, 0.3) is 0 Å². The van der Waals surface area contributed by atoms with Gasteiger partial charge in [0.1, 0.15) is 0 Å². The highest BCUT2D eigenvalue weighted by atomic mass is 16.1. The first kappa shape index (κ1) is 14.5. The number of hydrogen-bond acceptors (Lipinski definition) is 2. The van der Waals surface area contributed by atoms with Crippen molar-refractivity contribution < 1.29 is 4.79 Å². The minimum absolute atomic E-state index is 0.132. The topological polar surface area (TPSA) is 41.1 Å². The van der Waals surface area contributed by atoms with Crippen LogP contribution in [0.5, 0.6) is 0 Å². The van der Waals surface area contributed by atoms with E-state index in [0.717, 1.165) is 18.4 Å². The summed E-state index contributed by atoms with van der Waals surface area (Å²) in [5.74, 6) is 1.83. The van der Waals surface area contributed by atoms with Gasteiger partial charge in [0.15, 0.2) is 0 Å². The number of hydrogen-bond donors (Lipinski definition) is 2. The molecule has 1 rings (SSSR count). The van der Waals surface area contributed by atoms with Crippen molar-refractivity contribution in [1.29, 1.82) is 0 Å². The van der Waals surface area contributed by atoms with Gasteiger partial charge >= 0.3 is 0 Å². The molecule has 1 aliphatic rings. The second kappa shape index (κ2) is 7.70. The van der Waals surface area contributed by atoms with Crippen LogP contribution >= 0.6 is 0 Å². The van der Waals surface area contributed by atoms with Crippen molar-refractivity contribution in [2.75, 3.05) is 13.6 Å². The summed E-state index contributed by atoms with van der Waals surface area (Å²) >= 11 is 0. The highest BCUT2D eigenvalue weighted by molar-refractivity contribution is 5.75. The number of rotatable bonds is 6. The third-order valence-corrected chi connectivity index (χ3v) is 3.65. The largest absolute Gasteiger partial charge is 0.359 e. The van der Waals surface area contributed by atoms with E-state index in [0.29, 0.717) is 12.5 Å². The van der Waals surface area contributed by atoms with Crippen LogP contribution in [-0.2, 0) is 4.79 Å². The molecule has 0 aliphatic heterocycles. The van der Waals surface area contributed by atoms with E-state index in [9.17, 15) is 4.79 Å². The van der Waals surface area contributed by atoms with E-state index >= 15 is 0 Å². The summed E-state index contributed by atoms with van der Waals surface area (Å²) in [6.45, 7) is 5.43. The first-order valence-corrected chi connectivity index (χ1v) is 7.05. The highest BCUT2D eigenvalue weighted by Gasteiger charge is 2.22. The van der Waals surface area contributed by atoms with Crippen molar-refractivity contribution in [3.8, 4) is 0 Å². The van der Waals surface area contributed by atoms with Crippen molar-refractivity contribution in [2.45, 2.75) is 58.4 Å². The lowest BCUT2D eigenvalue weighted by Gasteiger charge is -2.30. The molecule has 1 aliphatic carbocycles. The monoisotopic (exact) mass is 240 g/mol. The van der Waals surface area contributed by atoms with Crippen LogP contribution in [0.2, 0.25) is 0 Å². The van der Waals surface area contributed by atoms with Crippen molar-refractivity contribution in [1.82, 2.24) is 10.6 Å². The number of nitrogens with one attached hydrogen (secondary N) is 2. The third kappa shape index (κ3) is 6.06. The lowest BCUT2D eigenvalue weighted by Crippen LogP contribution is -2.36. The van der Waals surface area contributed by atoms with Gasteiger partial charge in [-0.1, -0.05) is 26.7 Å². The van der Waals surface area contributed by atoms with Crippen molar-refractivity contribution in [3.05, 3.63) is 0 Å². The third-order valence-electron chi connectivity index (χ3n) is 3.65. The fraction of sp³-hybridized carbons (Fsp3) is 0.929. The van der Waals surface area contributed by atoms with E-state index < -0.39 is 0 Å². The second-order valence-electron chi connectivity index (χ2n) is 5.74. The van der Waals surface area contributed by atoms with Gasteiger partial charge in [0, 0.05) is 26.1 Å². The van der Waals surface area contributed by atoms with Gasteiger partial charge in [-0.2, -0.15) is 0 Å². The Hall–Kier alpha value is -0.570. The lowest BCUT2D eigenvalue weighted by atomic mass is 9.81. The van der Waals surface area contributed by atoms with Gasteiger partial charge in [-0.15, -0.1) is 0 Å². The number of amides is 1. The Morgan fingerprint density at radius 2 is 2.12 bits per heavy atom. The van der Waals surface area contributed by atoms with Crippen LogP contribution in [0.15, 0.2) is 0 Å². The minimum atomic E-state index is 0.132. The highest BCUT2D eigenvalue weighted by Crippen LogP contribution is 2.29. The number of carbonyl (C=O) groups excluding carboxylic acids is 1. The average molecular weight is 240 g/mol. The van der Waals surface area contributed by atoms with Crippen molar-refractivity contribution in [3.63, 3.8) is 0 Å². The normalized spacial score (nSPS) is 24.9. The Kier molecular flexibility index (Phi) is 6.56. The molecule has 1 saturated carbocycles. The second-order valence-corrected chi connectivity index (χ2v) is 5.74. The molecular formula is C14H28N2O. The van der Waals surface area contributed by atoms with E-state index in [4.69, 9.17) is 0 Å². The maximum absolute atomic E-state index is 11.1. The average Bonchev–Trinajstić information content (AvgIpc) is 2.28. The molecule has 17 heavy (non-hydrogen) atoms. The zero-order valence-corrected chi connectivity index (χ0v) is 11.6. The molecule has 1 fully saturated rings. The molecule has 2 N–H and O–H groups in total. The van der Waals surface area contributed by atoms with Gasteiger partial charge in [0.2, 0.25) is 5.91 Å². The maximum Gasteiger partial charge on any atom is 0.221 e. The predicted octanol–water partition coefficient (Wildman–Crippen LogP) is 2.32. The van der Waals surface area contributed by atoms with Crippen molar-refractivity contribution in [2.24, 2.45) is 11.8 Å². The van der Waals surface area contributed by atoms with Gasteiger partial charge < -0.3 is 10.6 Å². The first-order valence-electron chi connectivity index (χ1n) is 7.05.